The van der Waals surface area contributed by atoms with Gasteiger partial charge in [-0.15, -0.1) is 0 Å². The van der Waals surface area contributed by atoms with Gasteiger partial charge in [-0.25, -0.2) is 9.67 Å². The second-order valence-electron chi connectivity index (χ2n) is 4.43. The molecule has 0 aliphatic rings. The van der Waals surface area contributed by atoms with E-state index in [0.717, 1.165) is 0 Å². The van der Waals surface area contributed by atoms with E-state index < -0.39 is 0 Å². The number of H-pyrrole nitrogens is 1. The van der Waals surface area contributed by atoms with Gasteiger partial charge >= 0.3 is 0 Å². The molecule has 0 bridgehead atoms. The zero-order chi connectivity index (χ0) is 14.1. The van der Waals surface area contributed by atoms with Gasteiger partial charge in [0.15, 0.2) is 0 Å². The molecule has 0 saturated heterocycles. The lowest BCUT2D eigenvalue weighted by atomic mass is 10.2. The highest BCUT2D eigenvalue weighted by molar-refractivity contribution is 5.80. The Hall–Kier alpha value is -2.89. The molecule has 0 unspecified atom stereocenters. The molecule has 0 aliphatic carbocycles. The molecular weight excluding hydrogens is 256 g/mol. The van der Waals surface area contributed by atoms with Crippen LogP contribution >= 0.6 is 0 Å². The zero-order valence-electron chi connectivity index (χ0n) is 10.5. The van der Waals surface area contributed by atoms with Gasteiger partial charge in [0.05, 0.1) is 17.3 Å². The van der Waals surface area contributed by atoms with E-state index in [0.29, 0.717) is 22.2 Å². The number of benzene rings is 1. The number of fused-ring (bicyclic) bond motifs is 1. The summed E-state index contributed by atoms with van der Waals surface area (Å²) < 4.78 is 1.25. The number of aromatic nitrogens is 3. The number of aromatic amines is 1. The molecular formula is C14H12N4O2. The third-order valence-corrected chi connectivity index (χ3v) is 3.14. The third-order valence-electron chi connectivity index (χ3n) is 3.14. The molecule has 100 valence electrons. The largest absolute Gasteiger partial charge is 0.383 e. The Bertz CT molecular complexity index is 895. The third kappa shape index (κ3) is 1.97. The van der Waals surface area contributed by atoms with Crippen LogP contribution in [0.5, 0.6) is 0 Å². The van der Waals surface area contributed by atoms with E-state index >= 15 is 0 Å². The maximum absolute atomic E-state index is 12.3. The number of anilines is 1. The Balaban J connectivity index is 2.19. The van der Waals surface area contributed by atoms with Crippen molar-refractivity contribution in [3.63, 3.8) is 0 Å². The van der Waals surface area contributed by atoms with Crippen LogP contribution in [0.1, 0.15) is 5.56 Å². The van der Waals surface area contributed by atoms with Crippen molar-refractivity contribution in [2.24, 2.45) is 0 Å². The molecule has 1 aromatic carbocycles. The van der Waals surface area contributed by atoms with E-state index in [1.807, 2.05) is 0 Å². The molecule has 3 N–H and O–H groups in total. The first kappa shape index (κ1) is 12.2. The molecule has 3 aromatic rings. The number of hydrogen-bond donors (Lipinski definition) is 2. The van der Waals surface area contributed by atoms with Crippen molar-refractivity contribution in [3.8, 4) is 0 Å². The van der Waals surface area contributed by atoms with Crippen LogP contribution in [0.15, 0.2) is 52.2 Å². The number of nitrogens with two attached hydrogens (primary N) is 1. The fourth-order valence-corrected chi connectivity index (χ4v) is 2.11. The van der Waals surface area contributed by atoms with E-state index in [2.05, 4.69) is 10.1 Å². The van der Waals surface area contributed by atoms with Crippen molar-refractivity contribution in [2.45, 2.75) is 6.54 Å². The van der Waals surface area contributed by atoms with Crippen LogP contribution in [0.25, 0.3) is 10.8 Å². The lowest BCUT2D eigenvalue weighted by molar-refractivity contribution is 0.637. The second kappa shape index (κ2) is 4.65. The van der Waals surface area contributed by atoms with Crippen LogP contribution < -0.4 is 16.9 Å². The van der Waals surface area contributed by atoms with E-state index in [-0.39, 0.29) is 17.7 Å². The van der Waals surface area contributed by atoms with Crippen molar-refractivity contribution >= 4 is 16.6 Å². The molecule has 6 nitrogen and oxygen atoms in total. The lowest BCUT2D eigenvalue weighted by Crippen LogP contribution is -2.30. The minimum atomic E-state index is -0.303. The fourth-order valence-electron chi connectivity index (χ4n) is 2.11. The normalized spacial score (nSPS) is 10.8. The summed E-state index contributed by atoms with van der Waals surface area (Å²) in [6.07, 6.45) is 1.57. The van der Waals surface area contributed by atoms with Gasteiger partial charge in [-0.1, -0.05) is 18.2 Å². The number of nitrogens with zero attached hydrogens (tertiary/aromatic N) is 2. The summed E-state index contributed by atoms with van der Waals surface area (Å²) in [5, 5.41) is 3.33. The summed E-state index contributed by atoms with van der Waals surface area (Å²) in [6.45, 7) is 0.179. The van der Waals surface area contributed by atoms with Crippen LogP contribution in [0, 0.1) is 0 Å². The molecule has 0 fully saturated rings. The summed E-state index contributed by atoms with van der Waals surface area (Å²) in [6, 6.07) is 10.2. The summed E-state index contributed by atoms with van der Waals surface area (Å²) in [4.78, 5) is 28.3. The van der Waals surface area contributed by atoms with Crippen LogP contribution in [-0.4, -0.2) is 14.8 Å². The number of hydrogen-bond acceptors (Lipinski definition) is 4. The maximum Gasteiger partial charge on any atom is 0.273 e. The average molecular weight is 268 g/mol. The van der Waals surface area contributed by atoms with Crippen molar-refractivity contribution in [3.05, 3.63) is 68.9 Å². The van der Waals surface area contributed by atoms with Gasteiger partial charge in [-0.05, 0) is 18.2 Å². The molecule has 2 heterocycles. The number of rotatable bonds is 2. The first-order valence-corrected chi connectivity index (χ1v) is 6.08. The molecule has 0 spiro atoms. The summed E-state index contributed by atoms with van der Waals surface area (Å²) in [5.41, 5.74) is 5.87. The highest BCUT2D eigenvalue weighted by Gasteiger charge is 2.08. The zero-order valence-corrected chi connectivity index (χ0v) is 10.5. The molecule has 0 radical (unpaired) electrons. The van der Waals surface area contributed by atoms with Crippen molar-refractivity contribution < 1.29 is 0 Å². The van der Waals surface area contributed by atoms with Crippen LogP contribution in [0.4, 0.5) is 5.82 Å². The monoisotopic (exact) mass is 268 g/mol. The predicted octanol–water partition coefficient (Wildman–Crippen LogP) is 0.715. The van der Waals surface area contributed by atoms with Gasteiger partial charge in [-0.3, -0.25) is 14.7 Å². The Morgan fingerprint density at radius 2 is 1.85 bits per heavy atom. The van der Waals surface area contributed by atoms with Crippen molar-refractivity contribution in [1.29, 1.82) is 0 Å². The fraction of sp³-hybridized carbons (Fsp3) is 0.0714. The minimum Gasteiger partial charge on any atom is -0.383 e. The summed E-state index contributed by atoms with van der Waals surface area (Å²) in [7, 11) is 0. The average Bonchev–Trinajstić information content (AvgIpc) is 2.47. The van der Waals surface area contributed by atoms with Gasteiger partial charge in [0.2, 0.25) is 0 Å². The Morgan fingerprint density at radius 1 is 1.10 bits per heavy atom. The van der Waals surface area contributed by atoms with E-state index in [1.165, 1.54) is 4.68 Å². The quantitative estimate of drug-likeness (QED) is 0.716. The summed E-state index contributed by atoms with van der Waals surface area (Å²) >= 11 is 0. The highest BCUT2D eigenvalue weighted by atomic mass is 16.2. The lowest BCUT2D eigenvalue weighted by Gasteiger charge is -2.08. The van der Waals surface area contributed by atoms with Crippen LogP contribution in [-0.2, 0) is 6.54 Å². The topological polar surface area (TPSA) is 93.8 Å². The molecule has 3 rings (SSSR count). The van der Waals surface area contributed by atoms with Crippen LogP contribution in [0.2, 0.25) is 0 Å². The molecule has 0 saturated carbocycles. The Kier molecular flexibility index (Phi) is 2.83. The first-order chi connectivity index (χ1) is 9.66. The maximum atomic E-state index is 12.3. The van der Waals surface area contributed by atoms with Gasteiger partial charge in [0.25, 0.3) is 11.1 Å². The highest BCUT2D eigenvalue weighted by Crippen LogP contribution is 2.08. The number of nitrogen functional groups attached to an aromatic ring is 1. The Labute approximate surface area is 113 Å². The molecule has 20 heavy (non-hydrogen) atoms. The Morgan fingerprint density at radius 3 is 2.60 bits per heavy atom. The van der Waals surface area contributed by atoms with E-state index in [9.17, 15) is 9.59 Å². The van der Waals surface area contributed by atoms with Crippen LogP contribution in [0.3, 0.4) is 0 Å². The smallest absolute Gasteiger partial charge is 0.273 e. The van der Waals surface area contributed by atoms with Gasteiger partial charge in [-0.2, -0.15) is 0 Å². The van der Waals surface area contributed by atoms with Gasteiger partial charge in [0.1, 0.15) is 5.82 Å². The number of nitrogens with one attached hydrogen (secondary N) is 1. The first-order valence-electron chi connectivity index (χ1n) is 6.08. The van der Waals surface area contributed by atoms with E-state index in [4.69, 9.17) is 5.73 Å². The van der Waals surface area contributed by atoms with E-state index in [1.54, 1.807) is 42.6 Å². The van der Waals surface area contributed by atoms with Crippen molar-refractivity contribution in [1.82, 2.24) is 14.8 Å². The van der Waals surface area contributed by atoms with Crippen molar-refractivity contribution in [2.75, 3.05) is 5.73 Å². The molecule has 6 heteroatoms. The molecule has 0 amide bonds. The minimum absolute atomic E-state index is 0.179. The predicted molar refractivity (Wildman–Crippen MR) is 76.6 cm³/mol. The van der Waals surface area contributed by atoms with Gasteiger partial charge < -0.3 is 5.73 Å². The molecule has 2 aromatic heterocycles. The second-order valence-corrected chi connectivity index (χ2v) is 4.43. The summed E-state index contributed by atoms with van der Waals surface area (Å²) in [5.74, 6) is 0.341. The standard InChI is InChI=1S/C14H12N4O2/c15-12-9(4-3-7-16-12)8-18-14(20)11-6-2-1-5-10(11)13(19)17-18/h1-7H,8H2,(H2,15,16)(H,17,19). The molecule has 0 aliphatic heterocycles. The SMILES string of the molecule is Nc1ncccc1Cn1[nH]c(=O)c2ccccc2c1=O. The van der Waals surface area contributed by atoms with Gasteiger partial charge in [0, 0.05) is 11.8 Å². The number of pyridine rings is 1. The molecule has 0 atom stereocenters.